The van der Waals surface area contributed by atoms with Crippen molar-refractivity contribution in [3.63, 3.8) is 0 Å². The van der Waals surface area contributed by atoms with E-state index in [4.69, 9.17) is 9.47 Å². The lowest BCUT2D eigenvalue weighted by molar-refractivity contribution is -0.154. The van der Waals surface area contributed by atoms with Crippen molar-refractivity contribution in [3.8, 4) is 16.9 Å². The number of piperazine rings is 1. The molecule has 7 nitrogen and oxygen atoms in total. The lowest BCUT2D eigenvalue weighted by Crippen LogP contribution is -2.60. The summed E-state index contributed by atoms with van der Waals surface area (Å²) in [5.41, 5.74) is 3.19. The fourth-order valence-electron chi connectivity index (χ4n) is 4.17. The molecule has 1 saturated heterocycles. The van der Waals surface area contributed by atoms with Crippen molar-refractivity contribution >= 4 is 17.8 Å². The Kier molecular flexibility index (Phi) is 8.34. The van der Waals surface area contributed by atoms with Gasteiger partial charge >= 0.3 is 5.97 Å². The minimum atomic E-state index is -0.929. The van der Waals surface area contributed by atoms with Gasteiger partial charge in [0.1, 0.15) is 11.8 Å². The first-order chi connectivity index (χ1) is 17.5. The van der Waals surface area contributed by atoms with Gasteiger partial charge in [-0.2, -0.15) is 0 Å². The maximum atomic E-state index is 13.2. The Morgan fingerprint density at radius 2 is 1.58 bits per heavy atom. The number of carbonyl (C=O) groups is 3. The highest BCUT2D eigenvalue weighted by atomic mass is 16.5. The molecule has 3 aromatic carbocycles. The van der Waals surface area contributed by atoms with Crippen LogP contribution in [0.5, 0.6) is 5.75 Å². The summed E-state index contributed by atoms with van der Waals surface area (Å²) in [5.74, 6) is -0.683. The molecule has 0 bridgehead atoms. The van der Waals surface area contributed by atoms with Crippen molar-refractivity contribution in [2.75, 3.05) is 19.7 Å². The van der Waals surface area contributed by atoms with E-state index in [0.29, 0.717) is 25.3 Å². The standard InChI is InChI=1S/C29H30N2O5/c1-21(36-25-14-12-24(13-15-25)23-10-6-3-7-11-23)29(34)31-18-17-30-28(33)26(31)20-27(32)35-19-16-22-8-4-2-5-9-22/h2-15,21,26H,16-20H2,1H3,(H,30,33). The molecular formula is C29H30N2O5. The summed E-state index contributed by atoms with van der Waals surface area (Å²) in [6, 6.07) is 26.2. The van der Waals surface area contributed by atoms with E-state index in [1.54, 1.807) is 6.92 Å². The third-order valence-electron chi connectivity index (χ3n) is 6.09. The molecule has 7 heteroatoms. The van der Waals surface area contributed by atoms with Gasteiger partial charge in [-0.05, 0) is 35.7 Å². The molecule has 2 atom stereocenters. The van der Waals surface area contributed by atoms with Gasteiger partial charge in [-0.25, -0.2) is 0 Å². The summed E-state index contributed by atoms with van der Waals surface area (Å²) in [4.78, 5) is 39.6. The molecule has 0 spiro atoms. The number of hydrogen-bond donors (Lipinski definition) is 1. The second-order valence-corrected chi connectivity index (χ2v) is 8.65. The Balaban J connectivity index is 1.33. The Bertz CT molecular complexity index is 1170. The molecule has 36 heavy (non-hydrogen) atoms. The van der Waals surface area contributed by atoms with Crippen LogP contribution in [-0.4, -0.2) is 54.5 Å². The van der Waals surface area contributed by atoms with Gasteiger partial charge in [0, 0.05) is 19.5 Å². The number of rotatable bonds is 9. The highest BCUT2D eigenvalue weighted by Crippen LogP contribution is 2.23. The number of carbonyl (C=O) groups excluding carboxylic acids is 3. The number of benzene rings is 3. The van der Waals surface area contributed by atoms with Crippen LogP contribution in [0, 0.1) is 0 Å². The van der Waals surface area contributed by atoms with Crippen molar-refractivity contribution in [2.45, 2.75) is 31.9 Å². The van der Waals surface area contributed by atoms with E-state index in [1.165, 1.54) is 4.90 Å². The average molecular weight is 487 g/mol. The summed E-state index contributed by atoms with van der Waals surface area (Å²) < 4.78 is 11.2. The van der Waals surface area contributed by atoms with Gasteiger partial charge in [-0.15, -0.1) is 0 Å². The number of amides is 2. The molecule has 186 valence electrons. The maximum absolute atomic E-state index is 13.2. The molecule has 0 aliphatic carbocycles. The molecule has 0 saturated carbocycles. The Morgan fingerprint density at radius 1 is 0.944 bits per heavy atom. The monoisotopic (exact) mass is 486 g/mol. The Hall–Kier alpha value is -4.13. The first-order valence-electron chi connectivity index (χ1n) is 12.1. The van der Waals surface area contributed by atoms with Gasteiger partial charge in [-0.3, -0.25) is 14.4 Å². The van der Waals surface area contributed by atoms with Crippen molar-refractivity contribution in [2.24, 2.45) is 0 Å². The third kappa shape index (κ3) is 6.50. The molecule has 1 N–H and O–H groups in total. The van der Waals surface area contributed by atoms with Crippen LogP contribution in [0.2, 0.25) is 0 Å². The molecule has 2 unspecified atom stereocenters. The van der Waals surface area contributed by atoms with Crippen molar-refractivity contribution in [3.05, 3.63) is 90.5 Å². The number of esters is 1. The van der Waals surface area contributed by atoms with Crippen LogP contribution in [0.25, 0.3) is 11.1 Å². The van der Waals surface area contributed by atoms with Gasteiger partial charge in [0.15, 0.2) is 6.10 Å². The molecular weight excluding hydrogens is 456 g/mol. The summed E-state index contributed by atoms with van der Waals surface area (Å²) in [5, 5.41) is 2.73. The minimum absolute atomic E-state index is 0.204. The minimum Gasteiger partial charge on any atom is -0.481 e. The first-order valence-corrected chi connectivity index (χ1v) is 12.1. The fourth-order valence-corrected chi connectivity index (χ4v) is 4.17. The normalized spacial score (nSPS) is 16.1. The highest BCUT2D eigenvalue weighted by molar-refractivity contribution is 5.93. The SMILES string of the molecule is CC(Oc1ccc(-c2ccccc2)cc1)C(=O)N1CCNC(=O)C1CC(=O)OCCc1ccccc1. The zero-order chi connectivity index (χ0) is 25.3. The van der Waals surface area contributed by atoms with Crippen molar-refractivity contribution in [1.29, 1.82) is 0 Å². The van der Waals surface area contributed by atoms with E-state index in [9.17, 15) is 14.4 Å². The fraction of sp³-hybridized carbons (Fsp3) is 0.276. The van der Waals surface area contributed by atoms with Crippen LogP contribution in [0.1, 0.15) is 18.9 Å². The van der Waals surface area contributed by atoms with E-state index in [0.717, 1.165) is 16.7 Å². The molecule has 3 aromatic rings. The van der Waals surface area contributed by atoms with Crippen molar-refractivity contribution in [1.82, 2.24) is 10.2 Å². The van der Waals surface area contributed by atoms with E-state index in [2.05, 4.69) is 5.32 Å². The van der Waals surface area contributed by atoms with E-state index in [-0.39, 0.29) is 24.8 Å². The van der Waals surface area contributed by atoms with Crippen LogP contribution in [0.15, 0.2) is 84.9 Å². The average Bonchev–Trinajstić information content (AvgIpc) is 2.91. The van der Waals surface area contributed by atoms with Gasteiger partial charge in [0.05, 0.1) is 13.0 Å². The van der Waals surface area contributed by atoms with Crippen LogP contribution < -0.4 is 10.1 Å². The predicted molar refractivity (Wildman–Crippen MR) is 136 cm³/mol. The zero-order valence-corrected chi connectivity index (χ0v) is 20.3. The molecule has 0 aromatic heterocycles. The van der Waals surface area contributed by atoms with Crippen molar-refractivity contribution < 1.29 is 23.9 Å². The van der Waals surface area contributed by atoms with E-state index in [1.807, 2.05) is 84.9 Å². The molecule has 1 aliphatic heterocycles. The number of nitrogens with zero attached hydrogens (tertiary/aromatic N) is 1. The Labute approximate surface area is 211 Å². The number of ether oxygens (including phenoxy) is 2. The van der Waals surface area contributed by atoms with E-state index >= 15 is 0 Å². The van der Waals surface area contributed by atoms with Gasteiger partial charge in [-0.1, -0.05) is 72.8 Å². The summed E-state index contributed by atoms with van der Waals surface area (Å²) in [6.45, 7) is 2.48. The molecule has 1 fully saturated rings. The van der Waals surface area contributed by atoms with Gasteiger partial charge in [0.2, 0.25) is 5.91 Å². The zero-order valence-electron chi connectivity index (χ0n) is 20.3. The quantitative estimate of drug-likeness (QED) is 0.467. The number of nitrogens with one attached hydrogen (secondary N) is 1. The largest absolute Gasteiger partial charge is 0.481 e. The van der Waals surface area contributed by atoms with Crippen LogP contribution >= 0.6 is 0 Å². The Morgan fingerprint density at radius 3 is 2.28 bits per heavy atom. The lowest BCUT2D eigenvalue weighted by Gasteiger charge is -2.36. The first kappa shape index (κ1) is 25.0. The summed E-state index contributed by atoms with van der Waals surface area (Å²) >= 11 is 0. The predicted octanol–water partition coefficient (Wildman–Crippen LogP) is 3.62. The lowest BCUT2D eigenvalue weighted by atomic mass is 10.1. The molecule has 1 heterocycles. The van der Waals surface area contributed by atoms with Crippen LogP contribution in [0.4, 0.5) is 0 Å². The molecule has 2 amide bonds. The van der Waals surface area contributed by atoms with E-state index < -0.39 is 18.1 Å². The molecule has 0 radical (unpaired) electrons. The maximum Gasteiger partial charge on any atom is 0.308 e. The van der Waals surface area contributed by atoms with Gasteiger partial charge in [0.25, 0.3) is 5.91 Å². The summed E-state index contributed by atoms with van der Waals surface area (Å²) in [6.07, 6.45) is -0.444. The third-order valence-corrected chi connectivity index (χ3v) is 6.09. The van der Waals surface area contributed by atoms with Crippen LogP contribution in [-0.2, 0) is 25.5 Å². The summed E-state index contributed by atoms with van der Waals surface area (Å²) in [7, 11) is 0. The second kappa shape index (κ2) is 12.0. The molecule has 1 aliphatic rings. The topological polar surface area (TPSA) is 84.9 Å². The second-order valence-electron chi connectivity index (χ2n) is 8.65. The molecule has 4 rings (SSSR count). The van der Waals surface area contributed by atoms with Crippen LogP contribution in [0.3, 0.4) is 0 Å². The highest BCUT2D eigenvalue weighted by Gasteiger charge is 2.37. The number of hydrogen-bond acceptors (Lipinski definition) is 5. The smallest absolute Gasteiger partial charge is 0.308 e. The van der Waals surface area contributed by atoms with Gasteiger partial charge < -0.3 is 19.7 Å².